The summed E-state index contributed by atoms with van der Waals surface area (Å²) in [7, 11) is 0. The zero-order valence-corrected chi connectivity index (χ0v) is 19.4. The third kappa shape index (κ3) is 4.35. The van der Waals surface area contributed by atoms with Crippen molar-refractivity contribution in [3.63, 3.8) is 0 Å². The summed E-state index contributed by atoms with van der Waals surface area (Å²) in [4.78, 5) is 53.5. The molecule has 2 N–H and O–H groups in total. The van der Waals surface area contributed by atoms with Crippen molar-refractivity contribution in [3.8, 4) is 0 Å². The maximum atomic E-state index is 12.8. The lowest BCUT2D eigenvalue weighted by atomic mass is 9.98. The average molecular weight is 459 g/mol. The summed E-state index contributed by atoms with van der Waals surface area (Å²) < 4.78 is 0. The fourth-order valence-corrected chi connectivity index (χ4v) is 5.86. The van der Waals surface area contributed by atoms with E-state index in [9.17, 15) is 19.2 Å². The molecule has 1 atom stereocenters. The Morgan fingerprint density at radius 2 is 1.94 bits per heavy atom. The molecule has 1 unspecified atom stereocenters. The van der Waals surface area contributed by atoms with Gasteiger partial charge in [-0.2, -0.15) is 0 Å². The van der Waals surface area contributed by atoms with Gasteiger partial charge in [-0.05, 0) is 56.4 Å². The molecule has 1 saturated carbocycles. The molecule has 32 heavy (non-hydrogen) atoms. The van der Waals surface area contributed by atoms with Gasteiger partial charge in [-0.3, -0.25) is 19.3 Å². The van der Waals surface area contributed by atoms with Crippen LogP contribution in [-0.2, 0) is 14.4 Å². The lowest BCUT2D eigenvalue weighted by molar-refractivity contribution is -0.136. The van der Waals surface area contributed by atoms with E-state index in [1.54, 1.807) is 16.7 Å². The molecule has 2 heterocycles. The van der Waals surface area contributed by atoms with Crippen LogP contribution in [0.1, 0.15) is 49.7 Å². The van der Waals surface area contributed by atoms with Gasteiger partial charge in [0, 0.05) is 24.4 Å². The van der Waals surface area contributed by atoms with E-state index in [0.717, 1.165) is 29.7 Å². The predicted octanol–water partition coefficient (Wildman–Crippen LogP) is 2.79. The number of hydrogen-bond donors (Lipinski definition) is 2. The molecule has 8 nitrogen and oxygen atoms in total. The molecule has 1 aliphatic carbocycles. The minimum atomic E-state index is -0.718. The van der Waals surface area contributed by atoms with Crippen LogP contribution in [0.3, 0.4) is 0 Å². The number of nitrogens with zero attached hydrogens (tertiary/aromatic N) is 2. The fourth-order valence-electron chi connectivity index (χ4n) is 4.68. The number of amides is 5. The lowest BCUT2D eigenvalue weighted by Crippen LogP contribution is -2.45. The average Bonchev–Trinajstić information content (AvgIpc) is 3.47. The Kier molecular flexibility index (Phi) is 6.46. The monoisotopic (exact) mass is 458 g/mol. The molecule has 1 aromatic carbocycles. The number of hydrogen-bond acceptors (Lipinski definition) is 5. The molecule has 2 saturated heterocycles. The van der Waals surface area contributed by atoms with E-state index >= 15 is 0 Å². The minimum absolute atomic E-state index is 0.127. The molecular formula is C23H30N4O4S. The third-order valence-electron chi connectivity index (χ3n) is 6.76. The first kappa shape index (κ1) is 22.6. The lowest BCUT2D eigenvalue weighted by Gasteiger charge is -2.24. The van der Waals surface area contributed by atoms with Crippen molar-refractivity contribution in [2.45, 2.75) is 64.0 Å². The van der Waals surface area contributed by atoms with Gasteiger partial charge in [0.2, 0.25) is 11.8 Å². The fraction of sp³-hybridized carbons (Fsp3) is 0.565. The quantitative estimate of drug-likeness (QED) is 0.639. The highest BCUT2D eigenvalue weighted by Crippen LogP contribution is 2.35. The first-order valence-electron chi connectivity index (χ1n) is 11.2. The number of aryl methyl sites for hydroxylation is 2. The van der Waals surface area contributed by atoms with Crippen LogP contribution in [0.4, 0.5) is 10.5 Å². The second-order valence-corrected chi connectivity index (χ2v) is 9.95. The molecule has 1 aromatic rings. The number of rotatable bonds is 6. The first-order chi connectivity index (χ1) is 15.3. The van der Waals surface area contributed by atoms with Crippen molar-refractivity contribution in [1.29, 1.82) is 0 Å². The summed E-state index contributed by atoms with van der Waals surface area (Å²) in [6.45, 7) is 4.23. The van der Waals surface area contributed by atoms with Crippen molar-refractivity contribution < 1.29 is 19.2 Å². The largest absolute Gasteiger partial charge is 0.325 e. The SMILES string of the molecule is Cc1ccc(NC(=O)C2CSCN2C(=O)CCCN2C(=O)NC3(CCCC3)C2=O)cc1C. The normalized spacial score (nSPS) is 22.0. The third-order valence-corrected chi connectivity index (χ3v) is 7.77. The van der Waals surface area contributed by atoms with Gasteiger partial charge in [-0.1, -0.05) is 18.9 Å². The van der Waals surface area contributed by atoms with Crippen LogP contribution < -0.4 is 10.6 Å². The number of benzene rings is 1. The highest BCUT2D eigenvalue weighted by molar-refractivity contribution is 7.99. The van der Waals surface area contributed by atoms with Gasteiger partial charge >= 0.3 is 6.03 Å². The smallest absolute Gasteiger partial charge is 0.324 e. The van der Waals surface area contributed by atoms with Crippen molar-refractivity contribution >= 4 is 41.2 Å². The first-order valence-corrected chi connectivity index (χ1v) is 12.4. The van der Waals surface area contributed by atoms with E-state index in [0.29, 0.717) is 30.9 Å². The Bertz CT molecular complexity index is 944. The number of urea groups is 1. The maximum absolute atomic E-state index is 12.8. The summed E-state index contributed by atoms with van der Waals surface area (Å²) >= 11 is 1.55. The van der Waals surface area contributed by atoms with Crippen LogP contribution in [-0.4, -0.2) is 63.3 Å². The van der Waals surface area contributed by atoms with Gasteiger partial charge in [0.1, 0.15) is 11.6 Å². The van der Waals surface area contributed by atoms with Crippen LogP contribution >= 0.6 is 11.8 Å². The predicted molar refractivity (Wildman–Crippen MR) is 123 cm³/mol. The molecule has 2 aliphatic heterocycles. The zero-order chi connectivity index (χ0) is 22.9. The van der Waals surface area contributed by atoms with E-state index in [-0.39, 0.29) is 36.7 Å². The standard InChI is InChI=1S/C23H30N4O4S/c1-15-7-8-17(12-16(15)2)24-20(29)18-13-32-14-27(18)19(28)6-5-11-26-21(30)23(25-22(26)31)9-3-4-10-23/h7-8,12,18H,3-6,9-11,13-14H2,1-2H3,(H,24,29)(H,25,31). The number of nitrogens with one attached hydrogen (secondary N) is 2. The van der Waals surface area contributed by atoms with Gasteiger partial charge in [0.15, 0.2) is 0 Å². The molecule has 1 spiro atoms. The number of carbonyl (C=O) groups is 4. The summed E-state index contributed by atoms with van der Waals surface area (Å²) in [5.41, 5.74) is 2.25. The van der Waals surface area contributed by atoms with E-state index in [2.05, 4.69) is 10.6 Å². The topological polar surface area (TPSA) is 98.8 Å². The van der Waals surface area contributed by atoms with Crippen LogP contribution in [0.5, 0.6) is 0 Å². The molecule has 3 fully saturated rings. The number of imide groups is 1. The van der Waals surface area contributed by atoms with E-state index in [1.807, 2.05) is 32.0 Å². The maximum Gasteiger partial charge on any atom is 0.325 e. The van der Waals surface area contributed by atoms with Crippen molar-refractivity contribution in [1.82, 2.24) is 15.1 Å². The number of thioether (sulfide) groups is 1. The van der Waals surface area contributed by atoms with E-state index in [1.165, 1.54) is 4.90 Å². The number of carbonyl (C=O) groups excluding carboxylic acids is 4. The summed E-state index contributed by atoms with van der Waals surface area (Å²) in [5.74, 6) is 0.546. The zero-order valence-electron chi connectivity index (χ0n) is 18.6. The second-order valence-electron chi connectivity index (χ2n) is 8.95. The Balaban J connectivity index is 1.30. The van der Waals surface area contributed by atoms with Crippen LogP contribution in [0.2, 0.25) is 0 Å². The Morgan fingerprint density at radius 1 is 1.19 bits per heavy atom. The molecule has 0 bridgehead atoms. The van der Waals surface area contributed by atoms with Crippen molar-refractivity contribution in [2.75, 3.05) is 23.5 Å². The van der Waals surface area contributed by atoms with Crippen molar-refractivity contribution in [2.24, 2.45) is 0 Å². The molecule has 0 radical (unpaired) electrons. The molecule has 3 aliphatic rings. The highest BCUT2D eigenvalue weighted by atomic mass is 32.2. The van der Waals surface area contributed by atoms with Gasteiger partial charge in [-0.15, -0.1) is 11.8 Å². The molecule has 5 amide bonds. The van der Waals surface area contributed by atoms with Crippen molar-refractivity contribution in [3.05, 3.63) is 29.3 Å². The molecule has 9 heteroatoms. The van der Waals surface area contributed by atoms with Gasteiger partial charge in [0.25, 0.3) is 5.91 Å². The molecule has 0 aromatic heterocycles. The van der Waals surface area contributed by atoms with E-state index in [4.69, 9.17) is 0 Å². The summed E-state index contributed by atoms with van der Waals surface area (Å²) in [6, 6.07) is 4.88. The summed E-state index contributed by atoms with van der Waals surface area (Å²) in [6.07, 6.45) is 3.84. The number of anilines is 1. The highest BCUT2D eigenvalue weighted by Gasteiger charge is 2.52. The molecular weight excluding hydrogens is 428 g/mol. The Morgan fingerprint density at radius 3 is 2.66 bits per heavy atom. The van der Waals surface area contributed by atoms with Gasteiger partial charge in [-0.25, -0.2) is 4.79 Å². The minimum Gasteiger partial charge on any atom is -0.324 e. The van der Waals surface area contributed by atoms with Crippen LogP contribution in [0.15, 0.2) is 18.2 Å². The summed E-state index contributed by atoms with van der Waals surface area (Å²) in [5, 5.41) is 5.79. The van der Waals surface area contributed by atoms with E-state index < -0.39 is 11.6 Å². The second kappa shape index (κ2) is 9.13. The molecule has 4 rings (SSSR count). The van der Waals surface area contributed by atoms with Crippen LogP contribution in [0.25, 0.3) is 0 Å². The van der Waals surface area contributed by atoms with Gasteiger partial charge < -0.3 is 15.5 Å². The molecule has 172 valence electrons. The Hall–Kier alpha value is -2.55. The Labute approximate surface area is 192 Å². The van der Waals surface area contributed by atoms with Crippen LogP contribution in [0, 0.1) is 13.8 Å². The van der Waals surface area contributed by atoms with Gasteiger partial charge in [0.05, 0.1) is 5.88 Å².